The predicted molar refractivity (Wildman–Crippen MR) is 138 cm³/mol. The Morgan fingerprint density at radius 2 is 1.97 bits per heavy atom. The van der Waals surface area contributed by atoms with Crippen LogP contribution in [-0.2, 0) is 4.79 Å². The Hall–Kier alpha value is -4.67. The molecule has 2 amide bonds. The van der Waals surface area contributed by atoms with Crippen molar-refractivity contribution in [2.75, 3.05) is 18.4 Å². The molecule has 2 aliphatic rings. The van der Waals surface area contributed by atoms with Crippen LogP contribution in [0.2, 0.25) is 0 Å². The van der Waals surface area contributed by atoms with Crippen molar-refractivity contribution in [3.8, 4) is 22.6 Å². The zero-order valence-corrected chi connectivity index (χ0v) is 20.7. The zero-order chi connectivity index (χ0) is 26.1. The standard InChI is InChI=1S/C27H26N8O3/c1-2-24(36)34-12-4-5-18(15-34)27-32-25(33-38-27)17-8-11-23(28-13-17)31-26(37)22-7-3-6-21(30-22)19-14-29-35(16-19)20-9-10-20/h2-3,6-8,11,13-14,16,18,20H,1,4-5,9-10,12,15H2,(H,28,31,37). The van der Waals surface area contributed by atoms with Gasteiger partial charge >= 0.3 is 0 Å². The fraction of sp³-hybridized carbons (Fsp3) is 0.296. The van der Waals surface area contributed by atoms with Crippen LogP contribution in [0.4, 0.5) is 5.82 Å². The van der Waals surface area contributed by atoms with Crippen LogP contribution in [0.25, 0.3) is 22.6 Å². The number of hydrogen-bond donors (Lipinski definition) is 1. The quantitative estimate of drug-likeness (QED) is 0.371. The van der Waals surface area contributed by atoms with E-state index < -0.39 is 0 Å². The summed E-state index contributed by atoms with van der Waals surface area (Å²) in [6, 6.07) is 9.25. The molecule has 11 heteroatoms. The van der Waals surface area contributed by atoms with Crippen LogP contribution in [0.5, 0.6) is 0 Å². The number of amides is 2. The summed E-state index contributed by atoms with van der Waals surface area (Å²) in [5.41, 5.74) is 2.50. The highest BCUT2D eigenvalue weighted by Crippen LogP contribution is 2.35. The van der Waals surface area contributed by atoms with E-state index in [4.69, 9.17) is 4.52 Å². The van der Waals surface area contributed by atoms with E-state index in [0.29, 0.717) is 47.9 Å². The molecule has 1 N–H and O–H groups in total. The smallest absolute Gasteiger partial charge is 0.275 e. The van der Waals surface area contributed by atoms with Gasteiger partial charge in [0.1, 0.15) is 11.5 Å². The van der Waals surface area contributed by atoms with Crippen LogP contribution in [0, 0.1) is 0 Å². The summed E-state index contributed by atoms with van der Waals surface area (Å²) in [5.74, 6) is 0.794. The van der Waals surface area contributed by atoms with Crippen molar-refractivity contribution in [2.24, 2.45) is 0 Å². The summed E-state index contributed by atoms with van der Waals surface area (Å²) in [7, 11) is 0. The molecule has 0 bridgehead atoms. The largest absolute Gasteiger partial charge is 0.339 e. The SMILES string of the molecule is C=CC(=O)N1CCCC(c2nc(-c3ccc(NC(=O)c4cccc(-c5cnn(C6CC6)c5)n4)nc3)no2)C1. The number of piperidine rings is 1. The summed E-state index contributed by atoms with van der Waals surface area (Å²) in [4.78, 5) is 39.9. The molecule has 1 unspecified atom stereocenters. The van der Waals surface area contributed by atoms with E-state index in [1.807, 2.05) is 16.9 Å². The molecule has 0 spiro atoms. The lowest BCUT2D eigenvalue weighted by atomic mass is 9.98. The molecule has 0 radical (unpaired) electrons. The second-order valence-electron chi connectivity index (χ2n) is 9.52. The summed E-state index contributed by atoms with van der Waals surface area (Å²) >= 11 is 0. The van der Waals surface area contributed by atoms with E-state index in [0.717, 1.165) is 31.2 Å². The first-order valence-electron chi connectivity index (χ1n) is 12.6. The number of anilines is 1. The number of pyridine rings is 2. The molecule has 1 aliphatic carbocycles. The Morgan fingerprint density at radius 1 is 1.08 bits per heavy atom. The zero-order valence-electron chi connectivity index (χ0n) is 20.7. The van der Waals surface area contributed by atoms with Crippen LogP contribution in [0.15, 0.2) is 66.1 Å². The van der Waals surface area contributed by atoms with E-state index in [1.54, 1.807) is 41.6 Å². The van der Waals surface area contributed by atoms with Crippen LogP contribution in [0.3, 0.4) is 0 Å². The van der Waals surface area contributed by atoms with Crippen molar-refractivity contribution in [2.45, 2.75) is 37.6 Å². The van der Waals surface area contributed by atoms with Crippen molar-refractivity contribution in [1.82, 2.24) is 34.8 Å². The van der Waals surface area contributed by atoms with Gasteiger partial charge in [0.2, 0.25) is 17.6 Å². The molecule has 1 saturated carbocycles. The highest BCUT2D eigenvalue weighted by atomic mass is 16.5. The molecule has 4 aromatic rings. The van der Waals surface area contributed by atoms with Crippen LogP contribution < -0.4 is 5.32 Å². The van der Waals surface area contributed by atoms with Gasteiger partial charge in [-0.3, -0.25) is 14.3 Å². The Balaban J connectivity index is 1.11. The number of hydrogen-bond acceptors (Lipinski definition) is 8. The molecule has 1 aliphatic heterocycles. The van der Waals surface area contributed by atoms with Crippen molar-refractivity contribution in [3.05, 3.63) is 73.2 Å². The minimum atomic E-state index is -0.362. The number of carbonyl (C=O) groups excluding carboxylic acids is 2. The molecule has 38 heavy (non-hydrogen) atoms. The second-order valence-corrected chi connectivity index (χ2v) is 9.52. The maximum atomic E-state index is 12.8. The molecule has 5 heterocycles. The predicted octanol–water partition coefficient (Wildman–Crippen LogP) is 3.87. The lowest BCUT2D eigenvalue weighted by Crippen LogP contribution is -2.38. The average Bonchev–Trinajstić information content (AvgIpc) is 3.48. The fourth-order valence-electron chi connectivity index (χ4n) is 4.54. The van der Waals surface area contributed by atoms with Crippen LogP contribution in [-0.4, -0.2) is 59.7 Å². The van der Waals surface area contributed by atoms with Gasteiger partial charge in [-0.25, -0.2) is 9.97 Å². The molecule has 0 aromatic carbocycles. The third-order valence-corrected chi connectivity index (χ3v) is 6.76. The monoisotopic (exact) mass is 510 g/mol. The molecule has 192 valence electrons. The molecule has 1 atom stereocenters. The van der Waals surface area contributed by atoms with E-state index in [-0.39, 0.29) is 23.4 Å². The minimum Gasteiger partial charge on any atom is -0.339 e. The number of aromatic nitrogens is 6. The van der Waals surface area contributed by atoms with Gasteiger partial charge in [-0.15, -0.1) is 0 Å². The Labute approximate surface area is 218 Å². The minimum absolute atomic E-state index is 0.0215. The summed E-state index contributed by atoms with van der Waals surface area (Å²) in [6.07, 6.45) is 10.7. The van der Waals surface area contributed by atoms with Crippen LogP contribution in [0.1, 0.15) is 54.0 Å². The third-order valence-electron chi connectivity index (χ3n) is 6.76. The lowest BCUT2D eigenvalue weighted by Gasteiger charge is -2.30. The molecule has 6 rings (SSSR count). The molecule has 2 fully saturated rings. The Morgan fingerprint density at radius 3 is 2.76 bits per heavy atom. The van der Waals surface area contributed by atoms with Crippen molar-refractivity contribution in [3.63, 3.8) is 0 Å². The van der Waals surface area contributed by atoms with Gasteiger partial charge in [0, 0.05) is 36.6 Å². The van der Waals surface area contributed by atoms with E-state index in [1.165, 1.54) is 6.08 Å². The number of likely N-dealkylation sites (tertiary alicyclic amines) is 1. The number of rotatable bonds is 7. The first-order chi connectivity index (χ1) is 18.6. The molecular formula is C27H26N8O3. The summed E-state index contributed by atoms with van der Waals surface area (Å²) in [6.45, 7) is 4.78. The maximum absolute atomic E-state index is 12.8. The van der Waals surface area contributed by atoms with Gasteiger partial charge in [0.25, 0.3) is 5.91 Å². The van der Waals surface area contributed by atoms with Gasteiger partial charge in [-0.2, -0.15) is 10.1 Å². The molecular weight excluding hydrogens is 484 g/mol. The first kappa shape index (κ1) is 23.7. The molecule has 11 nitrogen and oxygen atoms in total. The highest BCUT2D eigenvalue weighted by molar-refractivity contribution is 6.02. The van der Waals surface area contributed by atoms with Crippen molar-refractivity contribution >= 4 is 17.6 Å². The third kappa shape index (κ3) is 4.95. The Bertz CT molecular complexity index is 1490. The van der Waals surface area contributed by atoms with E-state index in [9.17, 15) is 9.59 Å². The normalized spacial score (nSPS) is 17.3. The van der Waals surface area contributed by atoms with Crippen molar-refractivity contribution < 1.29 is 14.1 Å². The van der Waals surface area contributed by atoms with Gasteiger partial charge in [0.05, 0.1) is 23.9 Å². The molecule has 4 aromatic heterocycles. The number of nitrogens with one attached hydrogen (secondary N) is 1. The van der Waals surface area contributed by atoms with Gasteiger partial charge < -0.3 is 14.7 Å². The van der Waals surface area contributed by atoms with Gasteiger partial charge in [-0.1, -0.05) is 17.8 Å². The first-order valence-corrected chi connectivity index (χ1v) is 12.6. The van der Waals surface area contributed by atoms with Gasteiger partial charge in [0.15, 0.2) is 0 Å². The number of nitrogens with zero attached hydrogens (tertiary/aromatic N) is 7. The maximum Gasteiger partial charge on any atom is 0.275 e. The van der Waals surface area contributed by atoms with Crippen LogP contribution >= 0.6 is 0 Å². The topological polar surface area (TPSA) is 132 Å². The highest BCUT2D eigenvalue weighted by Gasteiger charge is 2.28. The fourth-order valence-corrected chi connectivity index (χ4v) is 4.54. The Kier molecular flexibility index (Phi) is 6.24. The van der Waals surface area contributed by atoms with Crippen molar-refractivity contribution in [1.29, 1.82) is 0 Å². The van der Waals surface area contributed by atoms with E-state index >= 15 is 0 Å². The summed E-state index contributed by atoms with van der Waals surface area (Å²) in [5, 5.41) is 11.3. The second kappa shape index (κ2) is 10.0. The summed E-state index contributed by atoms with van der Waals surface area (Å²) < 4.78 is 7.46. The number of carbonyl (C=O) groups is 2. The average molecular weight is 511 g/mol. The van der Waals surface area contributed by atoms with E-state index in [2.05, 4.69) is 37.1 Å². The molecule has 1 saturated heterocycles. The van der Waals surface area contributed by atoms with Gasteiger partial charge in [-0.05, 0) is 56.0 Å². The lowest BCUT2D eigenvalue weighted by molar-refractivity contribution is -0.127.